The van der Waals surface area contributed by atoms with Gasteiger partial charge in [-0.1, -0.05) is 31.1 Å². The molecule has 0 saturated heterocycles. The number of carbonyl (C=O) groups is 1. The molecule has 1 aromatic carbocycles. The molecule has 0 saturated carbocycles. The average molecular weight is 485 g/mol. The minimum Gasteiger partial charge on any atom is -0.366 e. The summed E-state index contributed by atoms with van der Waals surface area (Å²) in [6.07, 6.45) is 1.64. The number of guanidine groups is 1. The summed E-state index contributed by atoms with van der Waals surface area (Å²) < 4.78 is 5.40. The van der Waals surface area contributed by atoms with Crippen LogP contribution in [-0.2, 0) is 25.9 Å². The molecule has 0 radical (unpaired) electrons. The molecule has 2 rings (SSSR count). The van der Waals surface area contributed by atoms with Gasteiger partial charge in [0.05, 0.1) is 12.2 Å². The third kappa shape index (κ3) is 6.53. The molecule has 4 N–H and O–H groups in total. The van der Waals surface area contributed by atoms with Crippen LogP contribution in [0.2, 0.25) is 0 Å². The highest BCUT2D eigenvalue weighted by molar-refractivity contribution is 14.0. The Labute approximate surface area is 177 Å². The van der Waals surface area contributed by atoms with E-state index >= 15 is 0 Å². The van der Waals surface area contributed by atoms with E-state index < -0.39 is 5.91 Å². The fourth-order valence-electron chi connectivity index (χ4n) is 2.60. The second-order valence-corrected chi connectivity index (χ2v) is 5.85. The zero-order valence-electron chi connectivity index (χ0n) is 16.0. The minimum absolute atomic E-state index is 0. The van der Waals surface area contributed by atoms with Crippen molar-refractivity contribution in [1.82, 2.24) is 15.8 Å². The van der Waals surface area contributed by atoms with E-state index in [4.69, 9.17) is 10.3 Å². The van der Waals surface area contributed by atoms with Gasteiger partial charge in [0.1, 0.15) is 5.76 Å². The van der Waals surface area contributed by atoms with Crippen molar-refractivity contribution in [1.29, 1.82) is 0 Å². The summed E-state index contributed by atoms with van der Waals surface area (Å²) in [6.45, 7) is 8.01. The van der Waals surface area contributed by atoms with Crippen LogP contribution in [0.25, 0.3) is 0 Å². The molecular formula is C19H28IN5O2. The number of nitrogens with two attached hydrogens (primary N) is 1. The first-order chi connectivity index (χ1) is 12.6. The fourth-order valence-corrected chi connectivity index (χ4v) is 2.60. The highest BCUT2D eigenvalue weighted by Gasteiger charge is 2.13. The van der Waals surface area contributed by atoms with Gasteiger partial charge in [0.15, 0.2) is 5.96 Å². The summed E-state index contributed by atoms with van der Waals surface area (Å²) in [4.78, 5) is 15.7. The molecule has 0 spiro atoms. The van der Waals surface area contributed by atoms with Gasteiger partial charge in [-0.25, -0.2) is 4.99 Å². The van der Waals surface area contributed by atoms with Crippen LogP contribution < -0.4 is 16.4 Å². The Kier molecular flexibility index (Phi) is 9.84. The van der Waals surface area contributed by atoms with E-state index in [1.54, 1.807) is 12.1 Å². The second-order valence-electron chi connectivity index (χ2n) is 5.85. The van der Waals surface area contributed by atoms with E-state index in [2.05, 4.69) is 34.6 Å². The molecule has 27 heavy (non-hydrogen) atoms. The van der Waals surface area contributed by atoms with Crippen LogP contribution in [0.3, 0.4) is 0 Å². The van der Waals surface area contributed by atoms with Crippen molar-refractivity contribution in [2.45, 2.75) is 46.7 Å². The zero-order valence-corrected chi connectivity index (χ0v) is 18.4. The maximum absolute atomic E-state index is 11.1. The lowest BCUT2D eigenvalue weighted by Crippen LogP contribution is -2.37. The monoisotopic (exact) mass is 485 g/mol. The van der Waals surface area contributed by atoms with Gasteiger partial charge < -0.3 is 20.9 Å². The number of benzene rings is 1. The second kappa shape index (κ2) is 11.6. The predicted octanol–water partition coefficient (Wildman–Crippen LogP) is 2.77. The first-order valence-electron chi connectivity index (χ1n) is 8.96. The summed E-state index contributed by atoms with van der Waals surface area (Å²) >= 11 is 0. The van der Waals surface area contributed by atoms with Gasteiger partial charge in [0, 0.05) is 30.6 Å². The Morgan fingerprint density at radius 2 is 1.85 bits per heavy atom. The van der Waals surface area contributed by atoms with Crippen LogP contribution >= 0.6 is 24.0 Å². The van der Waals surface area contributed by atoms with Gasteiger partial charge >= 0.3 is 0 Å². The number of primary amides is 1. The molecule has 0 fully saturated rings. The van der Waals surface area contributed by atoms with E-state index in [1.807, 2.05) is 19.1 Å². The average Bonchev–Trinajstić information content (AvgIpc) is 3.06. The van der Waals surface area contributed by atoms with Crippen molar-refractivity contribution < 1.29 is 9.32 Å². The van der Waals surface area contributed by atoms with Crippen molar-refractivity contribution in [2.24, 2.45) is 10.7 Å². The van der Waals surface area contributed by atoms with Crippen LogP contribution in [0.4, 0.5) is 0 Å². The summed E-state index contributed by atoms with van der Waals surface area (Å²) in [5.41, 5.74) is 8.84. The molecule has 2 aromatic rings. The summed E-state index contributed by atoms with van der Waals surface area (Å²) in [6, 6.07) is 7.15. The largest absolute Gasteiger partial charge is 0.366 e. The smallest absolute Gasteiger partial charge is 0.248 e. The topological polar surface area (TPSA) is 106 Å². The minimum atomic E-state index is -0.428. The molecule has 1 amide bonds. The highest BCUT2D eigenvalue weighted by atomic mass is 127. The lowest BCUT2D eigenvalue weighted by Gasteiger charge is -2.11. The van der Waals surface area contributed by atoms with Crippen LogP contribution in [0.5, 0.6) is 0 Å². The van der Waals surface area contributed by atoms with Crippen molar-refractivity contribution in [3.8, 4) is 0 Å². The molecule has 0 aliphatic rings. The molecule has 148 valence electrons. The number of rotatable bonds is 8. The van der Waals surface area contributed by atoms with Gasteiger partial charge in [-0.05, 0) is 31.0 Å². The fraction of sp³-hybridized carbons (Fsp3) is 0.421. The van der Waals surface area contributed by atoms with Gasteiger partial charge in [0.2, 0.25) is 5.91 Å². The van der Waals surface area contributed by atoms with Crippen molar-refractivity contribution in [2.75, 3.05) is 6.54 Å². The number of amides is 1. The van der Waals surface area contributed by atoms with Crippen molar-refractivity contribution in [3.05, 3.63) is 52.4 Å². The van der Waals surface area contributed by atoms with E-state index in [-0.39, 0.29) is 24.0 Å². The van der Waals surface area contributed by atoms with E-state index in [0.29, 0.717) is 18.7 Å². The Morgan fingerprint density at radius 1 is 1.15 bits per heavy atom. The number of aromatic nitrogens is 1. The Bertz CT molecular complexity index is 734. The summed E-state index contributed by atoms with van der Waals surface area (Å²) in [5.74, 6) is 1.20. The van der Waals surface area contributed by atoms with Gasteiger partial charge in [-0.3, -0.25) is 4.79 Å². The molecule has 0 aliphatic carbocycles. The van der Waals surface area contributed by atoms with Crippen molar-refractivity contribution in [3.63, 3.8) is 0 Å². The third-order valence-electron chi connectivity index (χ3n) is 4.04. The summed E-state index contributed by atoms with van der Waals surface area (Å²) in [5, 5.41) is 10.7. The van der Waals surface area contributed by atoms with E-state index in [1.165, 1.54) is 0 Å². The molecule has 1 heterocycles. The highest BCUT2D eigenvalue weighted by Crippen LogP contribution is 2.15. The number of nitrogens with one attached hydrogen (secondary N) is 2. The lowest BCUT2D eigenvalue weighted by molar-refractivity contribution is 0.100. The molecule has 0 atom stereocenters. The number of hydrogen-bond acceptors (Lipinski definition) is 4. The number of aryl methyl sites for hydroxylation is 2. The van der Waals surface area contributed by atoms with Gasteiger partial charge in [0.25, 0.3) is 0 Å². The molecular weight excluding hydrogens is 457 g/mol. The Balaban J connectivity index is 0.00000364. The SMILES string of the molecule is CCNC(=NCc1ccc(C(N)=O)cc1)NCc1c(CC)noc1CC.I. The molecule has 8 heteroatoms. The lowest BCUT2D eigenvalue weighted by atomic mass is 10.1. The quantitative estimate of drug-likeness (QED) is 0.303. The Hall–Kier alpha value is -2.10. The number of hydrogen-bond donors (Lipinski definition) is 3. The van der Waals surface area contributed by atoms with E-state index in [9.17, 15) is 4.79 Å². The predicted molar refractivity (Wildman–Crippen MR) is 117 cm³/mol. The summed E-state index contributed by atoms with van der Waals surface area (Å²) in [7, 11) is 0. The first kappa shape index (κ1) is 22.9. The van der Waals surface area contributed by atoms with Crippen LogP contribution in [-0.4, -0.2) is 23.6 Å². The maximum atomic E-state index is 11.1. The molecule has 0 unspecified atom stereocenters. The van der Waals surface area contributed by atoms with Crippen LogP contribution in [0.15, 0.2) is 33.8 Å². The first-order valence-corrected chi connectivity index (χ1v) is 8.96. The van der Waals surface area contributed by atoms with E-state index in [0.717, 1.165) is 47.9 Å². The number of halogens is 1. The Morgan fingerprint density at radius 3 is 2.41 bits per heavy atom. The number of nitrogens with zero attached hydrogens (tertiary/aromatic N) is 2. The normalized spacial score (nSPS) is 11.0. The van der Waals surface area contributed by atoms with Gasteiger partial charge in [-0.2, -0.15) is 0 Å². The van der Waals surface area contributed by atoms with Crippen LogP contribution in [0, 0.1) is 0 Å². The number of carbonyl (C=O) groups excluding carboxylic acids is 1. The third-order valence-corrected chi connectivity index (χ3v) is 4.04. The molecule has 1 aromatic heterocycles. The molecule has 0 bridgehead atoms. The molecule has 0 aliphatic heterocycles. The maximum Gasteiger partial charge on any atom is 0.248 e. The standard InChI is InChI=1S/C19H27N5O2.HI/c1-4-16-15(17(5-2)26-24-16)12-23-19(21-6-3)22-11-13-7-9-14(10-8-13)18(20)25;/h7-10H,4-6,11-12H2,1-3H3,(H2,20,25)(H2,21,22,23);1H. The number of aliphatic imine (C=N–C) groups is 1. The van der Waals surface area contributed by atoms with Crippen LogP contribution in [0.1, 0.15) is 53.7 Å². The van der Waals surface area contributed by atoms with Gasteiger partial charge in [-0.15, -0.1) is 24.0 Å². The van der Waals surface area contributed by atoms with Crippen molar-refractivity contribution >= 4 is 35.8 Å². The zero-order chi connectivity index (χ0) is 18.9. The molecule has 7 nitrogen and oxygen atoms in total.